The zero-order valence-electron chi connectivity index (χ0n) is 15.4. The fraction of sp³-hybridized carbons (Fsp3) is 0.650. The first-order valence-corrected chi connectivity index (χ1v) is 9.45. The Balaban J connectivity index is 2.04. The van der Waals surface area contributed by atoms with Crippen LogP contribution in [0.1, 0.15) is 76.7 Å². The van der Waals surface area contributed by atoms with Gasteiger partial charge in [-0.2, -0.15) is 4.57 Å². The van der Waals surface area contributed by atoms with Gasteiger partial charge in [-0.1, -0.05) is 58.3 Å². The van der Waals surface area contributed by atoms with E-state index in [1.54, 1.807) is 24.5 Å². The first-order chi connectivity index (χ1) is 12.1. The number of aliphatic carboxylic acids is 1. The Morgan fingerprint density at radius 2 is 1.52 bits per heavy atom. The lowest BCUT2D eigenvalue weighted by atomic mass is 10.1. The maximum atomic E-state index is 11.7. The van der Waals surface area contributed by atoms with Crippen molar-refractivity contribution in [1.29, 1.82) is 0 Å². The van der Waals surface area contributed by atoms with E-state index >= 15 is 0 Å². The van der Waals surface area contributed by atoms with Gasteiger partial charge in [0.25, 0.3) is 0 Å². The third-order valence-corrected chi connectivity index (χ3v) is 4.16. The van der Waals surface area contributed by atoms with Crippen LogP contribution in [0, 0.1) is 0 Å². The van der Waals surface area contributed by atoms with Crippen molar-refractivity contribution in [2.24, 2.45) is 0 Å². The van der Waals surface area contributed by atoms with Gasteiger partial charge in [0.1, 0.15) is 12.6 Å². The number of aromatic nitrogens is 1. The molecule has 25 heavy (non-hydrogen) atoms. The summed E-state index contributed by atoms with van der Waals surface area (Å²) in [7, 11) is 0. The minimum Gasteiger partial charge on any atom is -0.544 e. The Hall–Kier alpha value is -1.91. The fourth-order valence-electron chi connectivity index (χ4n) is 2.65. The van der Waals surface area contributed by atoms with Gasteiger partial charge in [0.15, 0.2) is 18.9 Å². The highest BCUT2D eigenvalue weighted by Gasteiger charge is 2.05. The number of ether oxygens (including phenoxy) is 1. The summed E-state index contributed by atoms with van der Waals surface area (Å²) >= 11 is 0. The van der Waals surface area contributed by atoms with E-state index in [0.29, 0.717) is 6.42 Å². The van der Waals surface area contributed by atoms with Crippen LogP contribution in [-0.2, 0) is 27.5 Å². The van der Waals surface area contributed by atoms with Crippen LogP contribution in [0.5, 0.6) is 0 Å². The molecule has 0 aromatic carbocycles. The number of nitrogens with zero attached hydrogens (tertiary/aromatic N) is 1. The SMILES string of the molecule is CCCCCCCCCCCC(=O)OCc1cc[n+](CC(=O)[O-])cc1. The molecule has 1 aromatic heterocycles. The normalized spacial score (nSPS) is 10.6. The third kappa shape index (κ3) is 11.3. The second-order valence-electron chi connectivity index (χ2n) is 6.49. The summed E-state index contributed by atoms with van der Waals surface area (Å²) in [6.45, 7) is 2.27. The number of esters is 1. The van der Waals surface area contributed by atoms with E-state index < -0.39 is 5.97 Å². The molecular weight excluding hydrogens is 318 g/mol. The van der Waals surface area contributed by atoms with Crippen LogP contribution in [0.2, 0.25) is 0 Å². The van der Waals surface area contributed by atoms with Crippen molar-refractivity contribution >= 4 is 11.9 Å². The van der Waals surface area contributed by atoms with Gasteiger partial charge in [-0.25, -0.2) is 0 Å². The molecule has 0 saturated heterocycles. The third-order valence-electron chi connectivity index (χ3n) is 4.16. The second-order valence-corrected chi connectivity index (χ2v) is 6.49. The zero-order valence-corrected chi connectivity index (χ0v) is 15.4. The van der Waals surface area contributed by atoms with Crippen molar-refractivity contribution in [1.82, 2.24) is 0 Å². The second kappa shape index (κ2) is 13.4. The van der Waals surface area contributed by atoms with Crippen molar-refractivity contribution in [2.75, 3.05) is 0 Å². The first kappa shape index (κ1) is 21.1. The van der Waals surface area contributed by atoms with E-state index in [9.17, 15) is 14.7 Å². The molecule has 0 bridgehead atoms. The van der Waals surface area contributed by atoms with Crippen molar-refractivity contribution in [3.8, 4) is 0 Å². The van der Waals surface area contributed by atoms with Crippen molar-refractivity contribution < 1.29 is 24.0 Å². The molecule has 1 aromatic rings. The summed E-state index contributed by atoms with van der Waals surface area (Å²) in [6, 6.07) is 3.49. The summed E-state index contributed by atoms with van der Waals surface area (Å²) in [5.41, 5.74) is 0.843. The van der Waals surface area contributed by atoms with Crippen LogP contribution in [0.4, 0.5) is 0 Å². The predicted octanol–water partition coefficient (Wildman–Crippen LogP) is 2.69. The monoisotopic (exact) mass is 349 g/mol. The highest BCUT2D eigenvalue weighted by molar-refractivity contribution is 5.69. The van der Waals surface area contributed by atoms with Gasteiger partial charge in [-0.3, -0.25) is 4.79 Å². The van der Waals surface area contributed by atoms with Crippen LogP contribution < -0.4 is 9.67 Å². The molecule has 0 aliphatic rings. The lowest BCUT2D eigenvalue weighted by Gasteiger charge is -2.05. The lowest BCUT2D eigenvalue weighted by molar-refractivity contribution is -0.690. The molecule has 5 nitrogen and oxygen atoms in total. The molecule has 140 valence electrons. The number of hydrogen-bond donors (Lipinski definition) is 0. The van der Waals surface area contributed by atoms with Gasteiger partial charge in [0.2, 0.25) is 0 Å². The molecule has 0 unspecified atom stereocenters. The van der Waals surface area contributed by atoms with Gasteiger partial charge >= 0.3 is 5.97 Å². The van der Waals surface area contributed by atoms with Gasteiger partial charge in [0, 0.05) is 24.1 Å². The largest absolute Gasteiger partial charge is 0.544 e. The summed E-state index contributed by atoms with van der Waals surface area (Å²) in [4.78, 5) is 22.2. The van der Waals surface area contributed by atoms with Crippen LogP contribution in [-0.4, -0.2) is 11.9 Å². The Morgan fingerprint density at radius 1 is 0.960 bits per heavy atom. The Labute approximate surface area is 151 Å². The summed E-state index contributed by atoms with van der Waals surface area (Å²) < 4.78 is 6.75. The summed E-state index contributed by atoms with van der Waals surface area (Å²) in [6.07, 6.45) is 14.7. The van der Waals surface area contributed by atoms with E-state index in [2.05, 4.69) is 6.92 Å². The minimum atomic E-state index is -1.13. The highest BCUT2D eigenvalue weighted by Crippen LogP contribution is 2.11. The molecule has 0 radical (unpaired) electrons. The number of pyridine rings is 1. The van der Waals surface area contributed by atoms with Crippen LogP contribution >= 0.6 is 0 Å². The topological polar surface area (TPSA) is 70.3 Å². The number of carbonyl (C=O) groups excluding carboxylic acids is 2. The molecule has 5 heteroatoms. The van der Waals surface area contributed by atoms with Crippen LogP contribution in [0.3, 0.4) is 0 Å². The molecule has 0 saturated carbocycles. The number of rotatable bonds is 14. The number of carbonyl (C=O) groups is 2. The fourth-order valence-corrected chi connectivity index (χ4v) is 2.65. The molecule has 1 rings (SSSR count). The van der Waals surface area contributed by atoms with Crippen molar-refractivity contribution in [3.63, 3.8) is 0 Å². The molecule has 0 fully saturated rings. The van der Waals surface area contributed by atoms with E-state index in [-0.39, 0.29) is 19.1 Å². The molecule has 0 N–H and O–H groups in total. The summed E-state index contributed by atoms with van der Waals surface area (Å²) in [5.74, 6) is -1.31. The highest BCUT2D eigenvalue weighted by atomic mass is 16.5. The smallest absolute Gasteiger partial charge is 0.306 e. The number of carboxylic acid groups (broad SMARTS) is 1. The van der Waals surface area contributed by atoms with E-state index in [4.69, 9.17) is 4.74 Å². The lowest BCUT2D eigenvalue weighted by Crippen LogP contribution is -2.43. The number of hydrogen-bond acceptors (Lipinski definition) is 4. The van der Waals surface area contributed by atoms with E-state index in [1.165, 1.54) is 49.5 Å². The van der Waals surface area contributed by atoms with E-state index in [1.807, 2.05) is 0 Å². The number of unbranched alkanes of at least 4 members (excludes halogenated alkanes) is 8. The van der Waals surface area contributed by atoms with Crippen LogP contribution in [0.25, 0.3) is 0 Å². The maximum Gasteiger partial charge on any atom is 0.306 e. The Morgan fingerprint density at radius 3 is 2.08 bits per heavy atom. The summed E-state index contributed by atoms with van der Waals surface area (Å²) in [5, 5.41) is 10.5. The first-order valence-electron chi connectivity index (χ1n) is 9.45. The molecule has 1 heterocycles. The van der Waals surface area contributed by atoms with Crippen molar-refractivity contribution in [3.05, 3.63) is 30.1 Å². The van der Waals surface area contributed by atoms with Gasteiger partial charge in [0.05, 0.1) is 0 Å². The molecule has 0 spiro atoms. The maximum absolute atomic E-state index is 11.7. The Bertz CT molecular complexity index is 499. The molecule has 0 aliphatic carbocycles. The molecular formula is C20H31NO4. The quantitative estimate of drug-likeness (QED) is 0.294. The molecule has 0 aliphatic heterocycles. The van der Waals surface area contributed by atoms with Gasteiger partial charge in [-0.15, -0.1) is 0 Å². The van der Waals surface area contributed by atoms with E-state index in [0.717, 1.165) is 18.4 Å². The van der Waals surface area contributed by atoms with Crippen LogP contribution in [0.15, 0.2) is 24.5 Å². The van der Waals surface area contributed by atoms with Gasteiger partial charge in [-0.05, 0) is 6.42 Å². The minimum absolute atomic E-state index is 0.172. The zero-order chi connectivity index (χ0) is 18.3. The average Bonchev–Trinajstić information content (AvgIpc) is 2.59. The molecule has 0 amide bonds. The average molecular weight is 349 g/mol. The predicted molar refractivity (Wildman–Crippen MR) is 93.3 cm³/mol. The standard InChI is InChI=1S/C20H31NO4/c1-2-3-4-5-6-7-8-9-10-11-20(24)25-17-18-12-14-21(15-13-18)16-19(22)23/h12-15H,2-11,16-17H2,1H3. The van der Waals surface area contributed by atoms with Crippen molar-refractivity contribution in [2.45, 2.75) is 84.3 Å². The Kier molecular flexibility index (Phi) is 11.3. The molecule has 0 atom stereocenters. The number of carboxylic acids is 1. The van der Waals surface area contributed by atoms with Gasteiger partial charge < -0.3 is 14.6 Å².